The third-order valence-corrected chi connectivity index (χ3v) is 3.00. The number of anilines is 2. The zero-order chi connectivity index (χ0) is 10.7. The molecular weight excluding hydrogens is 218 g/mol. The highest BCUT2D eigenvalue weighted by Gasteiger charge is 2.15. The van der Waals surface area contributed by atoms with Gasteiger partial charge in [-0.3, -0.25) is 0 Å². The van der Waals surface area contributed by atoms with Gasteiger partial charge in [-0.25, -0.2) is 0 Å². The number of hydrogen-bond acceptors (Lipinski definition) is 3. The molecule has 4 heteroatoms. The molecule has 1 heterocycles. The predicted octanol–water partition coefficient (Wildman–Crippen LogP) is 2.38. The van der Waals surface area contributed by atoms with Crippen LogP contribution in [-0.4, -0.2) is 31.1 Å². The topological polar surface area (TPSA) is 41.3 Å². The van der Waals surface area contributed by atoms with Crippen LogP contribution in [0.3, 0.4) is 0 Å². The third-order valence-electron chi connectivity index (χ3n) is 3.00. The highest BCUT2D eigenvalue weighted by atomic mass is 32.1. The van der Waals surface area contributed by atoms with Crippen LogP contribution in [0, 0.1) is 0 Å². The molecule has 0 atom stereocenters. The zero-order valence-electron chi connectivity index (χ0n) is 9.74. The van der Waals surface area contributed by atoms with Crippen molar-refractivity contribution in [2.75, 3.05) is 31.2 Å². The van der Waals surface area contributed by atoms with Crippen molar-refractivity contribution in [2.24, 2.45) is 0 Å². The normalized spacial score (nSPS) is 17.8. The summed E-state index contributed by atoms with van der Waals surface area (Å²) in [6.45, 7) is 2.37. The molecule has 0 bridgehead atoms. The Kier molecular flexibility index (Phi) is 4.96. The molecular formula is C12H25N3S. The van der Waals surface area contributed by atoms with Crippen LogP contribution in [0.15, 0.2) is 24.3 Å². The van der Waals surface area contributed by atoms with E-state index < -0.39 is 0 Å². The lowest BCUT2D eigenvalue weighted by molar-refractivity contribution is 0.264. The molecule has 1 aliphatic rings. The van der Waals surface area contributed by atoms with Gasteiger partial charge >= 0.3 is 0 Å². The molecule has 0 aromatic heterocycles. The van der Waals surface area contributed by atoms with Gasteiger partial charge in [0.1, 0.15) is 0 Å². The largest absolute Gasteiger partial charge is 0.399 e. The first-order valence-electron chi connectivity index (χ1n) is 5.54. The Hall–Kier alpha value is -0.870. The monoisotopic (exact) mass is 243 g/mol. The number of benzene rings is 1. The predicted molar refractivity (Wildman–Crippen MR) is 79.6 cm³/mol. The highest BCUT2D eigenvalue weighted by Crippen LogP contribution is 2.16. The molecule has 0 unspecified atom stereocenters. The summed E-state index contributed by atoms with van der Waals surface area (Å²) in [5.74, 6) is 0. The lowest BCUT2D eigenvalue weighted by Crippen LogP contribution is -2.36. The smallest absolute Gasteiger partial charge is 0.0343 e. The number of nitrogens with one attached hydrogen (secondary N) is 1. The Labute approximate surface area is 107 Å². The quantitative estimate of drug-likeness (QED) is 0.784. The summed E-state index contributed by atoms with van der Waals surface area (Å²) < 4.78 is 0. The summed E-state index contributed by atoms with van der Waals surface area (Å²) in [6, 6.07) is 8.60. The van der Waals surface area contributed by atoms with Crippen molar-refractivity contribution in [1.82, 2.24) is 4.90 Å². The number of nitrogens with two attached hydrogens (primary N) is 1. The van der Waals surface area contributed by atoms with Gasteiger partial charge in [-0.15, -0.1) is 0 Å². The maximum Gasteiger partial charge on any atom is 0.0343 e. The molecule has 0 amide bonds. The van der Waals surface area contributed by atoms with Crippen LogP contribution in [0.5, 0.6) is 0 Å². The summed E-state index contributed by atoms with van der Waals surface area (Å²) in [4.78, 5) is 2.38. The Morgan fingerprint density at radius 1 is 1.25 bits per heavy atom. The average molecular weight is 243 g/mol. The summed E-state index contributed by atoms with van der Waals surface area (Å²) >= 11 is 0. The van der Waals surface area contributed by atoms with Gasteiger partial charge in [0.25, 0.3) is 0 Å². The van der Waals surface area contributed by atoms with Crippen LogP contribution >= 0.6 is 13.5 Å². The van der Waals surface area contributed by atoms with Crippen molar-refractivity contribution in [3.8, 4) is 0 Å². The van der Waals surface area contributed by atoms with E-state index in [0.717, 1.165) is 5.69 Å². The van der Waals surface area contributed by atoms with E-state index >= 15 is 0 Å². The van der Waals surface area contributed by atoms with E-state index in [2.05, 4.69) is 17.3 Å². The first-order valence-corrected chi connectivity index (χ1v) is 5.54. The highest BCUT2D eigenvalue weighted by molar-refractivity contribution is 7.59. The first kappa shape index (κ1) is 13.2. The van der Waals surface area contributed by atoms with Crippen molar-refractivity contribution in [1.29, 1.82) is 0 Å². The molecule has 0 saturated carbocycles. The van der Waals surface area contributed by atoms with Crippen LogP contribution in [0.25, 0.3) is 0 Å². The molecule has 3 nitrogen and oxygen atoms in total. The average Bonchev–Trinajstić information content (AvgIpc) is 2.25. The van der Waals surface area contributed by atoms with E-state index in [1.807, 2.05) is 24.3 Å². The van der Waals surface area contributed by atoms with Gasteiger partial charge in [0.15, 0.2) is 0 Å². The molecule has 1 aromatic carbocycles. The van der Waals surface area contributed by atoms with Crippen molar-refractivity contribution in [3.05, 3.63) is 24.3 Å². The van der Waals surface area contributed by atoms with Gasteiger partial charge < -0.3 is 16.0 Å². The minimum absolute atomic E-state index is 0. The first-order chi connectivity index (χ1) is 7.24. The van der Waals surface area contributed by atoms with Gasteiger partial charge in [-0.1, -0.05) is 0 Å². The van der Waals surface area contributed by atoms with E-state index in [1.165, 1.54) is 31.6 Å². The molecule has 1 saturated heterocycles. The number of piperidine rings is 1. The zero-order valence-corrected chi connectivity index (χ0v) is 10.7. The fourth-order valence-corrected chi connectivity index (χ4v) is 1.97. The number of rotatable bonds is 2. The van der Waals surface area contributed by atoms with Gasteiger partial charge in [0.2, 0.25) is 0 Å². The molecule has 94 valence electrons. The summed E-state index contributed by atoms with van der Waals surface area (Å²) in [7, 11) is 2.18. The third kappa shape index (κ3) is 3.61. The molecule has 16 heavy (non-hydrogen) atoms. The molecule has 0 radical (unpaired) electrons. The van der Waals surface area contributed by atoms with Crippen molar-refractivity contribution in [3.63, 3.8) is 0 Å². The van der Waals surface area contributed by atoms with Gasteiger partial charge in [-0.05, 0) is 57.2 Å². The van der Waals surface area contributed by atoms with Gasteiger partial charge in [-0.2, -0.15) is 13.5 Å². The minimum Gasteiger partial charge on any atom is -0.399 e. The minimum atomic E-state index is 0. The Morgan fingerprint density at radius 2 is 1.81 bits per heavy atom. The van der Waals surface area contributed by atoms with Crippen LogP contribution in [-0.2, 0) is 0 Å². The number of nitrogen functional groups attached to an aromatic ring is 1. The van der Waals surface area contributed by atoms with Gasteiger partial charge in [0.05, 0.1) is 0 Å². The summed E-state index contributed by atoms with van der Waals surface area (Å²) in [5.41, 5.74) is 7.65. The fourth-order valence-electron chi connectivity index (χ4n) is 1.97. The second-order valence-electron chi connectivity index (χ2n) is 4.34. The van der Waals surface area contributed by atoms with E-state index in [0.29, 0.717) is 6.04 Å². The maximum atomic E-state index is 5.64. The summed E-state index contributed by atoms with van der Waals surface area (Å²) in [6.07, 6.45) is 2.45. The lowest BCUT2D eigenvalue weighted by atomic mass is 10.1. The Morgan fingerprint density at radius 3 is 2.38 bits per heavy atom. The van der Waals surface area contributed by atoms with E-state index in [9.17, 15) is 0 Å². The van der Waals surface area contributed by atoms with Gasteiger partial charge in [0, 0.05) is 20.3 Å². The van der Waals surface area contributed by atoms with E-state index in [4.69, 9.17) is 5.73 Å². The van der Waals surface area contributed by atoms with Crippen molar-refractivity contribution >= 4 is 24.9 Å². The fraction of sp³-hybridized carbons (Fsp3) is 0.500. The maximum absolute atomic E-state index is 5.64. The Bertz CT molecular complexity index is 314. The standard InChI is InChI=1S/C12H19N3.H2S.2H2/c1-15-8-6-12(7-9-15)14-11-4-2-10(13)3-5-11;;;/h2-5,12,14H,6-9,13H2,1H3;1H2;2*1H. The van der Waals surface area contributed by atoms with E-state index in [-0.39, 0.29) is 16.3 Å². The number of likely N-dealkylation sites (tertiary alicyclic amines) is 1. The number of nitrogens with zero attached hydrogens (tertiary/aromatic N) is 1. The van der Waals surface area contributed by atoms with Crippen molar-refractivity contribution < 1.29 is 2.85 Å². The lowest BCUT2D eigenvalue weighted by Gasteiger charge is -2.30. The SMILES string of the molecule is CN1CCC(Nc2ccc(N)cc2)CC1.S.[HH].[HH]. The number of hydrogen-bond donors (Lipinski definition) is 2. The second kappa shape index (κ2) is 6.01. The van der Waals surface area contributed by atoms with Crippen LogP contribution in [0.1, 0.15) is 15.7 Å². The summed E-state index contributed by atoms with van der Waals surface area (Å²) in [5, 5.41) is 3.55. The molecule has 1 fully saturated rings. The van der Waals surface area contributed by atoms with Crippen molar-refractivity contribution in [2.45, 2.75) is 18.9 Å². The van der Waals surface area contributed by atoms with Crippen LogP contribution in [0.4, 0.5) is 11.4 Å². The Balaban J connectivity index is 0. The van der Waals surface area contributed by atoms with Crippen LogP contribution < -0.4 is 11.1 Å². The molecule has 1 aliphatic heterocycles. The molecule has 3 N–H and O–H groups in total. The molecule has 1 aromatic rings. The van der Waals surface area contributed by atoms with E-state index in [1.54, 1.807) is 0 Å². The molecule has 2 rings (SSSR count). The van der Waals surface area contributed by atoms with Crippen LogP contribution in [0.2, 0.25) is 0 Å². The molecule has 0 spiro atoms. The molecule has 0 aliphatic carbocycles. The second-order valence-corrected chi connectivity index (χ2v) is 4.34.